The number of nitrogens with zero attached hydrogens (tertiary/aromatic N) is 2. The average Bonchev–Trinajstić information content (AvgIpc) is 3.01. The van der Waals surface area contributed by atoms with E-state index in [2.05, 4.69) is 35.2 Å². The summed E-state index contributed by atoms with van der Waals surface area (Å²) < 4.78 is 6.41. The number of fused-ring (bicyclic) bond motifs is 1. The molecule has 1 saturated heterocycles. The van der Waals surface area contributed by atoms with Gasteiger partial charge in [-0.2, -0.15) is 5.26 Å². The Bertz CT molecular complexity index is 780. The Kier molecular flexibility index (Phi) is 4.44. The van der Waals surface area contributed by atoms with Gasteiger partial charge in [0.1, 0.15) is 11.9 Å². The second-order valence-electron chi connectivity index (χ2n) is 7.04. The Labute approximate surface area is 148 Å². The van der Waals surface area contributed by atoms with E-state index in [0.717, 1.165) is 38.1 Å². The predicted molar refractivity (Wildman–Crippen MR) is 97.2 cm³/mol. The second-order valence-corrected chi connectivity index (χ2v) is 7.04. The molecule has 2 N–H and O–H groups in total. The van der Waals surface area contributed by atoms with Crippen LogP contribution in [0, 0.1) is 11.3 Å². The van der Waals surface area contributed by atoms with E-state index in [4.69, 9.17) is 15.7 Å². The summed E-state index contributed by atoms with van der Waals surface area (Å²) in [6, 6.07) is 18.7. The molecule has 0 saturated carbocycles. The van der Waals surface area contributed by atoms with E-state index in [9.17, 15) is 0 Å². The minimum absolute atomic E-state index is 0.00874. The van der Waals surface area contributed by atoms with Crippen molar-refractivity contribution in [3.63, 3.8) is 0 Å². The maximum Gasteiger partial charge on any atom is 0.140 e. The van der Waals surface area contributed by atoms with E-state index >= 15 is 0 Å². The molecule has 0 aromatic heterocycles. The van der Waals surface area contributed by atoms with E-state index in [1.54, 1.807) is 0 Å². The highest BCUT2D eigenvalue weighted by Crippen LogP contribution is 2.38. The van der Waals surface area contributed by atoms with Gasteiger partial charge in [-0.1, -0.05) is 24.3 Å². The third kappa shape index (κ3) is 3.26. The number of likely N-dealkylation sites (tertiary alicyclic amines) is 1. The Hall–Kier alpha value is -2.35. The molecule has 4 rings (SSSR count). The van der Waals surface area contributed by atoms with Gasteiger partial charge >= 0.3 is 0 Å². The van der Waals surface area contributed by atoms with Gasteiger partial charge in [0.05, 0.1) is 17.7 Å². The smallest absolute Gasteiger partial charge is 0.140 e. The Balaban J connectivity index is 1.61. The predicted octanol–water partition coefficient (Wildman–Crippen LogP) is 3.03. The van der Waals surface area contributed by atoms with Crippen LogP contribution >= 0.6 is 0 Å². The van der Waals surface area contributed by atoms with Crippen molar-refractivity contribution in [1.82, 2.24) is 4.90 Å². The molecular formula is C21H23N3O. The van der Waals surface area contributed by atoms with Crippen molar-refractivity contribution in [2.45, 2.75) is 37.5 Å². The third-order valence-electron chi connectivity index (χ3n) is 5.34. The molecule has 2 aromatic carbocycles. The highest BCUT2D eigenvalue weighted by molar-refractivity contribution is 5.39. The molecule has 3 unspecified atom stereocenters. The molecule has 0 spiro atoms. The average molecular weight is 333 g/mol. The van der Waals surface area contributed by atoms with Crippen LogP contribution in [0.25, 0.3) is 0 Å². The van der Waals surface area contributed by atoms with E-state index < -0.39 is 0 Å². The van der Waals surface area contributed by atoms with E-state index in [1.165, 1.54) is 11.1 Å². The Morgan fingerprint density at radius 1 is 1.12 bits per heavy atom. The highest BCUT2D eigenvalue weighted by Gasteiger charge is 2.39. The summed E-state index contributed by atoms with van der Waals surface area (Å²) in [6.07, 6.45) is 3.27. The zero-order valence-corrected chi connectivity index (χ0v) is 14.3. The van der Waals surface area contributed by atoms with Gasteiger partial charge in [-0.15, -0.1) is 0 Å². The summed E-state index contributed by atoms with van der Waals surface area (Å²) in [5.41, 5.74) is 9.51. The first kappa shape index (κ1) is 16.1. The first-order chi connectivity index (χ1) is 12.2. The zero-order valence-electron chi connectivity index (χ0n) is 14.3. The molecule has 0 amide bonds. The summed E-state index contributed by atoms with van der Waals surface area (Å²) >= 11 is 0. The van der Waals surface area contributed by atoms with Crippen LogP contribution in [0.2, 0.25) is 0 Å². The lowest BCUT2D eigenvalue weighted by atomic mass is 10.0. The number of hydrogen-bond donors (Lipinski definition) is 1. The van der Waals surface area contributed by atoms with Gasteiger partial charge in [-0.25, -0.2) is 0 Å². The zero-order chi connectivity index (χ0) is 17.2. The van der Waals surface area contributed by atoms with Crippen molar-refractivity contribution in [2.24, 2.45) is 5.73 Å². The van der Waals surface area contributed by atoms with Crippen LogP contribution in [0.4, 0.5) is 0 Å². The second kappa shape index (κ2) is 6.87. The molecule has 2 aromatic rings. The van der Waals surface area contributed by atoms with Gasteiger partial charge in [-0.3, -0.25) is 4.90 Å². The minimum atomic E-state index is 0.00874. The van der Waals surface area contributed by atoms with Crippen LogP contribution in [0.5, 0.6) is 5.75 Å². The van der Waals surface area contributed by atoms with Crippen molar-refractivity contribution in [3.8, 4) is 11.8 Å². The maximum atomic E-state index is 8.97. The van der Waals surface area contributed by atoms with Gasteiger partial charge < -0.3 is 10.5 Å². The lowest BCUT2D eigenvalue weighted by Gasteiger charge is -2.38. The summed E-state index contributed by atoms with van der Waals surface area (Å²) in [7, 11) is 0. The van der Waals surface area contributed by atoms with E-state index in [0.29, 0.717) is 11.6 Å². The molecule has 1 aliphatic carbocycles. The van der Waals surface area contributed by atoms with Gasteiger partial charge in [0, 0.05) is 12.6 Å². The molecular weight excluding hydrogens is 310 g/mol. The molecule has 2 aliphatic rings. The third-order valence-corrected chi connectivity index (χ3v) is 5.34. The monoisotopic (exact) mass is 333 g/mol. The first-order valence-electron chi connectivity index (χ1n) is 8.99. The fraction of sp³-hybridized carbons (Fsp3) is 0.381. The van der Waals surface area contributed by atoms with E-state index in [-0.39, 0.29) is 12.1 Å². The van der Waals surface area contributed by atoms with Crippen LogP contribution in [0.1, 0.15) is 35.6 Å². The molecule has 3 atom stereocenters. The largest absolute Gasteiger partial charge is 0.484 e. The molecule has 4 heteroatoms. The number of nitriles is 1. The van der Waals surface area contributed by atoms with E-state index in [1.807, 2.05) is 24.3 Å². The molecule has 1 heterocycles. The Morgan fingerprint density at radius 2 is 1.92 bits per heavy atom. The first-order valence-corrected chi connectivity index (χ1v) is 8.99. The summed E-state index contributed by atoms with van der Waals surface area (Å²) in [5.74, 6) is 0.812. The number of piperidine rings is 1. The normalized spacial score (nSPS) is 26.0. The van der Waals surface area contributed by atoms with Gasteiger partial charge in [-0.05, 0) is 61.2 Å². The Morgan fingerprint density at radius 3 is 2.68 bits per heavy atom. The molecule has 1 aliphatic heterocycles. The van der Waals surface area contributed by atoms with Gasteiger partial charge in [0.15, 0.2) is 0 Å². The molecule has 25 heavy (non-hydrogen) atoms. The quantitative estimate of drug-likeness (QED) is 0.938. The topological polar surface area (TPSA) is 62.3 Å². The fourth-order valence-corrected chi connectivity index (χ4v) is 4.10. The van der Waals surface area contributed by atoms with Crippen molar-refractivity contribution >= 4 is 0 Å². The lowest BCUT2D eigenvalue weighted by Crippen LogP contribution is -2.49. The number of nitrogens with two attached hydrogens (primary N) is 1. The molecule has 128 valence electrons. The summed E-state index contributed by atoms with van der Waals surface area (Å²) in [6.45, 7) is 2.02. The molecule has 0 radical (unpaired) electrons. The number of rotatable bonds is 3. The van der Waals surface area contributed by atoms with Crippen LogP contribution < -0.4 is 10.5 Å². The highest BCUT2D eigenvalue weighted by atomic mass is 16.5. The van der Waals surface area contributed by atoms with Crippen LogP contribution in [-0.4, -0.2) is 30.1 Å². The number of ether oxygens (including phenoxy) is 1. The van der Waals surface area contributed by atoms with Crippen LogP contribution in [-0.2, 0) is 6.42 Å². The van der Waals surface area contributed by atoms with Crippen LogP contribution in [0.15, 0.2) is 48.5 Å². The van der Waals surface area contributed by atoms with Crippen molar-refractivity contribution in [1.29, 1.82) is 5.26 Å². The van der Waals surface area contributed by atoms with Crippen molar-refractivity contribution in [3.05, 3.63) is 65.2 Å². The van der Waals surface area contributed by atoms with Gasteiger partial charge in [0.2, 0.25) is 0 Å². The molecule has 0 bridgehead atoms. The lowest BCUT2D eigenvalue weighted by molar-refractivity contribution is 0.0593. The number of hydrogen-bond acceptors (Lipinski definition) is 4. The van der Waals surface area contributed by atoms with Crippen molar-refractivity contribution < 1.29 is 4.74 Å². The number of benzene rings is 2. The molecule has 4 nitrogen and oxygen atoms in total. The maximum absolute atomic E-state index is 8.97. The summed E-state index contributed by atoms with van der Waals surface area (Å²) in [5, 5.41) is 8.97. The van der Waals surface area contributed by atoms with Crippen molar-refractivity contribution in [2.75, 3.05) is 13.1 Å². The standard InChI is InChI=1S/C21H23N3O/c22-13-15-7-9-18(10-8-15)25-21-19-6-2-1-4-16(19)12-20(21)24-11-3-5-17(23)14-24/h1-2,4,6-10,17,20-21H,3,5,11-12,14,23H2. The fourth-order valence-electron chi connectivity index (χ4n) is 4.10. The minimum Gasteiger partial charge on any atom is -0.484 e. The van der Waals surface area contributed by atoms with Gasteiger partial charge in [0.25, 0.3) is 0 Å². The summed E-state index contributed by atoms with van der Waals surface area (Å²) in [4.78, 5) is 2.50. The SMILES string of the molecule is N#Cc1ccc(OC2c3ccccc3CC2N2CCCC(N)C2)cc1. The van der Waals surface area contributed by atoms with Crippen LogP contribution in [0.3, 0.4) is 0 Å². The molecule has 1 fully saturated rings.